The highest BCUT2D eigenvalue weighted by atomic mass is 35.5. The van der Waals surface area contributed by atoms with Gasteiger partial charge in [-0.2, -0.15) is 0 Å². The minimum Gasteiger partial charge on any atom is -0.349 e. The van der Waals surface area contributed by atoms with E-state index in [-0.39, 0.29) is 29.8 Å². The predicted octanol–water partition coefficient (Wildman–Crippen LogP) is 1.27. The summed E-state index contributed by atoms with van der Waals surface area (Å²) in [4.78, 5) is 25.8. The molecule has 1 aliphatic heterocycles. The molecule has 0 aromatic rings. The summed E-state index contributed by atoms with van der Waals surface area (Å²) in [5.74, 6) is -0.262. The van der Waals surface area contributed by atoms with Crippen molar-refractivity contribution < 1.29 is 9.59 Å². The number of alkyl halides is 1. The van der Waals surface area contributed by atoms with E-state index in [1.54, 1.807) is 18.7 Å². The highest BCUT2D eigenvalue weighted by molar-refractivity contribution is 6.27. The van der Waals surface area contributed by atoms with E-state index in [2.05, 4.69) is 5.32 Å². The van der Waals surface area contributed by atoms with Crippen LogP contribution in [0.3, 0.4) is 0 Å². The normalized spacial score (nSPS) is 31.7. The fraction of sp³-hybridized carbons (Fsp3) is 0.833. The lowest BCUT2D eigenvalue weighted by atomic mass is 9.82. The van der Waals surface area contributed by atoms with Crippen molar-refractivity contribution in [3.63, 3.8) is 0 Å². The molecule has 0 unspecified atom stereocenters. The van der Waals surface area contributed by atoms with Gasteiger partial charge >= 0.3 is 0 Å². The van der Waals surface area contributed by atoms with Crippen LogP contribution in [0.1, 0.15) is 39.5 Å². The molecule has 0 aromatic heterocycles. The number of piperazine rings is 1. The minimum atomic E-state index is -0.787. The maximum Gasteiger partial charge on any atom is 0.245 e. The summed E-state index contributed by atoms with van der Waals surface area (Å²) in [7, 11) is 0. The Hall–Kier alpha value is -0.770. The first kappa shape index (κ1) is 12.7. The average molecular weight is 259 g/mol. The Bertz CT molecular complexity index is 343. The van der Waals surface area contributed by atoms with Crippen LogP contribution in [-0.2, 0) is 9.59 Å². The summed E-state index contributed by atoms with van der Waals surface area (Å²) in [6.07, 6.45) is 4.14. The number of rotatable bonds is 1. The SMILES string of the molecule is CC1(C)C(=O)N[C@H]2CCCC[C@H]2N1C(=O)CCl. The number of nitrogens with zero attached hydrogens (tertiary/aromatic N) is 1. The van der Waals surface area contributed by atoms with Gasteiger partial charge in [-0.25, -0.2) is 0 Å². The van der Waals surface area contributed by atoms with Gasteiger partial charge in [-0.15, -0.1) is 11.6 Å². The van der Waals surface area contributed by atoms with Crippen LogP contribution in [0.25, 0.3) is 0 Å². The quantitative estimate of drug-likeness (QED) is 0.721. The van der Waals surface area contributed by atoms with Crippen molar-refractivity contribution in [2.75, 3.05) is 5.88 Å². The van der Waals surface area contributed by atoms with E-state index in [1.165, 1.54) is 0 Å². The molecule has 1 aliphatic carbocycles. The Morgan fingerprint density at radius 2 is 2.12 bits per heavy atom. The Morgan fingerprint density at radius 3 is 2.76 bits per heavy atom. The smallest absolute Gasteiger partial charge is 0.245 e. The van der Waals surface area contributed by atoms with Gasteiger partial charge in [-0.3, -0.25) is 9.59 Å². The van der Waals surface area contributed by atoms with E-state index in [0.29, 0.717) is 0 Å². The largest absolute Gasteiger partial charge is 0.349 e. The zero-order chi connectivity index (χ0) is 12.6. The van der Waals surface area contributed by atoms with Crippen molar-refractivity contribution >= 4 is 23.4 Å². The number of carbonyl (C=O) groups excluding carboxylic acids is 2. The third kappa shape index (κ3) is 2.03. The van der Waals surface area contributed by atoms with Gasteiger partial charge in [-0.05, 0) is 26.7 Å². The van der Waals surface area contributed by atoms with E-state index < -0.39 is 5.54 Å². The van der Waals surface area contributed by atoms with Crippen molar-refractivity contribution in [1.29, 1.82) is 0 Å². The lowest BCUT2D eigenvalue weighted by Crippen LogP contribution is -2.72. The summed E-state index contributed by atoms with van der Waals surface area (Å²) >= 11 is 5.67. The van der Waals surface area contributed by atoms with Crippen LogP contribution in [0.5, 0.6) is 0 Å². The minimum absolute atomic E-state index is 0.0556. The number of carbonyl (C=O) groups is 2. The summed E-state index contributed by atoms with van der Waals surface area (Å²) in [5.41, 5.74) is -0.787. The summed E-state index contributed by atoms with van der Waals surface area (Å²) in [6.45, 7) is 3.58. The number of hydrogen-bond acceptors (Lipinski definition) is 2. The van der Waals surface area contributed by atoms with Gasteiger partial charge < -0.3 is 10.2 Å². The van der Waals surface area contributed by atoms with Crippen LogP contribution < -0.4 is 5.32 Å². The molecule has 0 bridgehead atoms. The maximum absolute atomic E-state index is 12.1. The van der Waals surface area contributed by atoms with Crippen molar-refractivity contribution in [3.8, 4) is 0 Å². The Kier molecular flexibility index (Phi) is 3.34. The second-order valence-corrected chi connectivity index (χ2v) is 5.66. The van der Waals surface area contributed by atoms with Gasteiger partial charge in [0.25, 0.3) is 0 Å². The Labute approximate surface area is 107 Å². The van der Waals surface area contributed by atoms with Gasteiger partial charge in [0, 0.05) is 6.04 Å². The molecule has 0 aromatic carbocycles. The molecule has 0 radical (unpaired) electrons. The van der Waals surface area contributed by atoms with Crippen LogP contribution in [0, 0.1) is 0 Å². The van der Waals surface area contributed by atoms with E-state index >= 15 is 0 Å². The molecular weight excluding hydrogens is 240 g/mol. The number of fused-ring (bicyclic) bond motifs is 1. The van der Waals surface area contributed by atoms with E-state index in [0.717, 1.165) is 25.7 Å². The van der Waals surface area contributed by atoms with Gasteiger partial charge in [-0.1, -0.05) is 12.8 Å². The zero-order valence-electron chi connectivity index (χ0n) is 10.3. The molecule has 0 spiro atoms. The maximum atomic E-state index is 12.1. The van der Waals surface area contributed by atoms with Crippen molar-refractivity contribution in [2.24, 2.45) is 0 Å². The second kappa shape index (κ2) is 4.48. The molecule has 1 saturated carbocycles. The van der Waals surface area contributed by atoms with Gasteiger partial charge in [0.15, 0.2) is 0 Å². The first-order valence-electron chi connectivity index (χ1n) is 6.17. The number of amides is 2. The molecule has 2 rings (SSSR count). The summed E-state index contributed by atoms with van der Waals surface area (Å²) < 4.78 is 0. The van der Waals surface area contributed by atoms with Crippen LogP contribution in [0.4, 0.5) is 0 Å². The van der Waals surface area contributed by atoms with Crippen LogP contribution in [0.15, 0.2) is 0 Å². The molecule has 2 aliphatic rings. The Morgan fingerprint density at radius 1 is 1.47 bits per heavy atom. The monoisotopic (exact) mass is 258 g/mol. The topological polar surface area (TPSA) is 49.4 Å². The van der Waals surface area contributed by atoms with E-state index in [1.807, 2.05) is 0 Å². The lowest BCUT2D eigenvalue weighted by molar-refractivity contribution is -0.156. The van der Waals surface area contributed by atoms with Gasteiger partial charge in [0.2, 0.25) is 11.8 Å². The zero-order valence-corrected chi connectivity index (χ0v) is 11.1. The molecule has 96 valence electrons. The second-order valence-electron chi connectivity index (χ2n) is 5.39. The van der Waals surface area contributed by atoms with Gasteiger partial charge in [0.1, 0.15) is 11.4 Å². The molecule has 4 nitrogen and oxygen atoms in total. The highest BCUT2D eigenvalue weighted by Gasteiger charge is 2.49. The number of hydrogen-bond donors (Lipinski definition) is 1. The van der Waals surface area contributed by atoms with Crippen LogP contribution >= 0.6 is 11.6 Å². The van der Waals surface area contributed by atoms with E-state index in [4.69, 9.17) is 11.6 Å². The standard InChI is InChI=1S/C12H19ClN2O2/c1-12(2)11(17)14-8-5-3-4-6-9(8)15(12)10(16)7-13/h8-9H,3-7H2,1-2H3,(H,14,17)/t8-,9+/m0/s1. The van der Waals surface area contributed by atoms with Crippen molar-refractivity contribution in [1.82, 2.24) is 10.2 Å². The summed E-state index contributed by atoms with van der Waals surface area (Å²) in [6, 6.07) is 0.221. The van der Waals surface area contributed by atoms with Crippen LogP contribution in [-0.4, -0.2) is 40.2 Å². The third-order valence-corrected chi connectivity index (χ3v) is 4.15. The summed E-state index contributed by atoms with van der Waals surface area (Å²) in [5, 5.41) is 3.04. The molecule has 1 heterocycles. The Balaban J connectivity index is 2.32. The van der Waals surface area contributed by atoms with Crippen LogP contribution in [0.2, 0.25) is 0 Å². The number of nitrogens with one attached hydrogen (secondary N) is 1. The molecule has 2 amide bonds. The van der Waals surface area contributed by atoms with Gasteiger partial charge in [0.05, 0.1) is 6.04 Å². The molecule has 1 N–H and O–H groups in total. The first-order chi connectivity index (χ1) is 7.98. The number of halogens is 1. The molecule has 2 atom stereocenters. The highest BCUT2D eigenvalue weighted by Crippen LogP contribution is 2.33. The molecule has 2 fully saturated rings. The van der Waals surface area contributed by atoms with Crippen molar-refractivity contribution in [3.05, 3.63) is 0 Å². The molecule has 5 heteroatoms. The predicted molar refractivity (Wildman–Crippen MR) is 65.8 cm³/mol. The molecular formula is C12H19ClN2O2. The molecule has 17 heavy (non-hydrogen) atoms. The first-order valence-corrected chi connectivity index (χ1v) is 6.71. The fourth-order valence-corrected chi connectivity index (χ4v) is 3.15. The van der Waals surface area contributed by atoms with Crippen molar-refractivity contribution in [2.45, 2.75) is 57.2 Å². The average Bonchev–Trinajstić information content (AvgIpc) is 2.29. The molecule has 1 saturated heterocycles. The lowest BCUT2D eigenvalue weighted by Gasteiger charge is -2.52. The third-order valence-electron chi connectivity index (χ3n) is 3.92. The van der Waals surface area contributed by atoms with E-state index in [9.17, 15) is 9.59 Å². The fourth-order valence-electron chi connectivity index (χ4n) is 3.02.